The van der Waals surface area contributed by atoms with E-state index in [4.69, 9.17) is 4.74 Å². The Morgan fingerprint density at radius 1 is 0.591 bits per heavy atom. The van der Waals surface area contributed by atoms with Gasteiger partial charge in [0.05, 0.1) is 13.7 Å². The van der Waals surface area contributed by atoms with Crippen LogP contribution in [0.3, 0.4) is 0 Å². The average Bonchev–Trinajstić information content (AvgIpc) is 3.00. The van der Waals surface area contributed by atoms with Gasteiger partial charge in [-0.2, -0.15) is 0 Å². The molecular formula is C34H64N4O6. The van der Waals surface area contributed by atoms with Crippen molar-refractivity contribution in [2.24, 2.45) is 5.92 Å². The van der Waals surface area contributed by atoms with Gasteiger partial charge in [-0.1, -0.05) is 105 Å². The number of esters is 1. The number of amides is 4. The molecule has 0 aliphatic rings. The summed E-state index contributed by atoms with van der Waals surface area (Å²) in [5.41, 5.74) is 0. The van der Waals surface area contributed by atoms with E-state index in [-0.39, 0.29) is 24.3 Å². The highest BCUT2D eigenvalue weighted by Crippen LogP contribution is 2.10. The lowest BCUT2D eigenvalue weighted by Gasteiger charge is -2.21. The third-order valence-electron chi connectivity index (χ3n) is 7.77. The Labute approximate surface area is 267 Å². The molecule has 0 aliphatic heterocycles. The van der Waals surface area contributed by atoms with E-state index in [2.05, 4.69) is 35.1 Å². The fourth-order valence-corrected chi connectivity index (χ4v) is 4.95. The number of methoxy groups -OCH3 is 1. The molecule has 0 spiro atoms. The fraction of sp³-hybridized carbons (Fsp3) is 0.853. The van der Waals surface area contributed by atoms with Gasteiger partial charge in [-0.25, -0.2) is 4.79 Å². The molecule has 4 N–H and O–H groups in total. The van der Waals surface area contributed by atoms with Crippen LogP contribution in [0.5, 0.6) is 0 Å². The first kappa shape index (κ1) is 41.4. The minimum Gasteiger partial charge on any atom is -0.467 e. The molecule has 0 unspecified atom stereocenters. The van der Waals surface area contributed by atoms with E-state index in [1.54, 1.807) is 13.8 Å². The van der Waals surface area contributed by atoms with Crippen molar-refractivity contribution in [1.82, 2.24) is 21.3 Å². The van der Waals surface area contributed by atoms with Crippen molar-refractivity contribution >= 4 is 29.6 Å². The van der Waals surface area contributed by atoms with E-state index in [9.17, 15) is 24.0 Å². The van der Waals surface area contributed by atoms with Gasteiger partial charge >= 0.3 is 5.97 Å². The molecule has 44 heavy (non-hydrogen) atoms. The van der Waals surface area contributed by atoms with Gasteiger partial charge in [-0.15, -0.1) is 0 Å². The van der Waals surface area contributed by atoms with E-state index in [0.29, 0.717) is 38.6 Å². The fourth-order valence-electron chi connectivity index (χ4n) is 4.95. The first-order valence-electron chi connectivity index (χ1n) is 17.4. The van der Waals surface area contributed by atoms with Crippen molar-refractivity contribution in [2.45, 2.75) is 162 Å². The molecule has 0 aromatic heterocycles. The number of rotatable bonds is 28. The molecule has 0 heterocycles. The minimum atomic E-state index is -0.817. The van der Waals surface area contributed by atoms with Crippen molar-refractivity contribution in [1.29, 1.82) is 0 Å². The predicted octanol–water partition coefficient (Wildman–Crippen LogP) is 5.47. The smallest absolute Gasteiger partial charge is 0.328 e. The summed E-state index contributed by atoms with van der Waals surface area (Å²) in [6, 6.07) is -1.60. The molecule has 0 saturated heterocycles. The van der Waals surface area contributed by atoms with E-state index < -0.39 is 29.9 Å². The molecule has 0 fully saturated rings. The standard InChI is InChI=1S/C34H64N4O6/c1-6-8-10-12-14-16-18-23-29(39)35-25-21-20-22-28(37-30(40)24-19-17-15-13-11-9-7-2)33(42)36-26-31(41)38-32(27(3)4)34(43)44-5/h27-28,32H,6-26H2,1-5H3,(H,35,39)(H,36,42)(H,37,40)(H,38,41)/t28-,32-/m0/s1. The van der Waals surface area contributed by atoms with Crippen LogP contribution in [0.25, 0.3) is 0 Å². The minimum absolute atomic E-state index is 0.0496. The van der Waals surface area contributed by atoms with Crippen molar-refractivity contribution in [3.8, 4) is 0 Å². The highest BCUT2D eigenvalue weighted by atomic mass is 16.5. The maximum atomic E-state index is 13.0. The van der Waals surface area contributed by atoms with Gasteiger partial charge in [0.2, 0.25) is 23.6 Å². The molecule has 0 rings (SSSR count). The number of hydrogen-bond acceptors (Lipinski definition) is 6. The summed E-state index contributed by atoms with van der Waals surface area (Å²) in [6.45, 7) is 8.15. The quantitative estimate of drug-likeness (QED) is 0.0672. The summed E-state index contributed by atoms with van der Waals surface area (Å²) in [5, 5.41) is 11.0. The largest absolute Gasteiger partial charge is 0.467 e. The summed E-state index contributed by atoms with van der Waals surface area (Å²) in [7, 11) is 1.26. The Morgan fingerprint density at radius 3 is 1.64 bits per heavy atom. The summed E-state index contributed by atoms with van der Waals surface area (Å²) in [4.78, 5) is 62.2. The number of nitrogens with one attached hydrogen (secondary N) is 4. The maximum Gasteiger partial charge on any atom is 0.328 e. The van der Waals surface area contributed by atoms with Crippen LogP contribution >= 0.6 is 0 Å². The lowest BCUT2D eigenvalue weighted by atomic mass is 10.0. The number of unbranched alkanes of at least 4 members (excludes halogenated alkanes) is 13. The van der Waals surface area contributed by atoms with Gasteiger partial charge in [-0.05, 0) is 38.0 Å². The highest BCUT2D eigenvalue weighted by molar-refractivity contribution is 5.91. The van der Waals surface area contributed by atoms with E-state index >= 15 is 0 Å². The second kappa shape index (κ2) is 27.9. The molecule has 10 nitrogen and oxygen atoms in total. The van der Waals surface area contributed by atoms with Gasteiger partial charge in [0.1, 0.15) is 12.1 Å². The summed E-state index contributed by atoms with van der Waals surface area (Å²) < 4.78 is 4.75. The zero-order valence-corrected chi connectivity index (χ0v) is 28.5. The van der Waals surface area contributed by atoms with Crippen molar-refractivity contribution in [3.63, 3.8) is 0 Å². The maximum absolute atomic E-state index is 13.0. The molecular weight excluding hydrogens is 560 g/mol. The number of carbonyl (C=O) groups excluding carboxylic acids is 5. The average molecular weight is 625 g/mol. The normalized spacial score (nSPS) is 12.3. The molecule has 2 atom stereocenters. The number of carbonyl (C=O) groups is 5. The van der Waals surface area contributed by atoms with Crippen LogP contribution in [0.2, 0.25) is 0 Å². The summed E-state index contributed by atoms with van der Waals surface area (Å²) in [5.74, 6) is -1.83. The van der Waals surface area contributed by atoms with Gasteiger partial charge in [0.15, 0.2) is 0 Å². The number of ether oxygens (including phenoxy) is 1. The first-order chi connectivity index (χ1) is 21.2. The molecule has 0 aromatic carbocycles. The highest BCUT2D eigenvalue weighted by Gasteiger charge is 2.26. The topological polar surface area (TPSA) is 143 Å². The van der Waals surface area contributed by atoms with Crippen molar-refractivity contribution in [3.05, 3.63) is 0 Å². The molecule has 0 bridgehead atoms. The van der Waals surface area contributed by atoms with Gasteiger partial charge in [0, 0.05) is 19.4 Å². The lowest BCUT2D eigenvalue weighted by Crippen LogP contribution is -2.51. The molecule has 10 heteroatoms. The second-order valence-corrected chi connectivity index (χ2v) is 12.2. The third-order valence-corrected chi connectivity index (χ3v) is 7.77. The van der Waals surface area contributed by atoms with Crippen LogP contribution in [0.1, 0.15) is 150 Å². The van der Waals surface area contributed by atoms with Crippen molar-refractivity contribution < 1.29 is 28.7 Å². The Balaban J connectivity index is 4.70. The zero-order chi connectivity index (χ0) is 33.0. The van der Waals surface area contributed by atoms with Crippen molar-refractivity contribution in [2.75, 3.05) is 20.2 Å². The Bertz CT molecular complexity index is 805. The van der Waals surface area contributed by atoms with Crippen LogP contribution in [0, 0.1) is 5.92 Å². The molecule has 4 amide bonds. The van der Waals surface area contributed by atoms with E-state index in [1.807, 2.05) is 0 Å². The molecule has 0 saturated carbocycles. The predicted molar refractivity (Wildman–Crippen MR) is 176 cm³/mol. The zero-order valence-electron chi connectivity index (χ0n) is 28.5. The molecule has 0 aliphatic carbocycles. The van der Waals surface area contributed by atoms with Crippen LogP contribution in [-0.4, -0.2) is 61.9 Å². The van der Waals surface area contributed by atoms with Crippen LogP contribution in [0.15, 0.2) is 0 Å². The van der Waals surface area contributed by atoms with Gasteiger partial charge in [-0.3, -0.25) is 19.2 Å². The monoisotopic (exact) mass is 624 g/mol. The van der Waals surface area contributed by atoms with Gasteiger partial charge < -0.3 is 26.0 Å². The molecule has 0 radical (unpaired) electrons. The SMILES string of the molecule is CCCCCCCCCC(=O)NCCCC[C@H](NC(=O)CCCCCCCCC)C(=O)NCC(=O)N[C@H](C(=O)OC)C(C)C. The lowest BCUT2D eigenvalue weighted by molar-refractivity contribution is -0.146. The molecule has 256 valence electrons. The van der Waals surface area contributed by atoms with E-state index in [1.165, 1.54) is 64.9 Å². The molecule has 0 aromatic rings. The Morgan fingerprint density at radius 2 is 1.11 bits per heavy atom. The first-order valence-corrected chi connectivity index (χ1v) is 17.4. The second-order valence-electron chi connectivity index (χ2n) is 12.2. The summed E-state index contributed by atoms with van der Waals surface area (Å²) >= 11 is 0. The Kier molecular flexibility index (Phi) is 26.2. The Hall–Kier alpha value is -2.65. The summed E-state index contributed by atoms with van der Waals surface area (Å²) in [6.07, 6.45) is 18.4. The van der Waals surface area contributed by atoms with E-state index in [0.717, 1.165) is 32.1 Å². The van der Waals surface area contributed by atoms with Crippen LogP contribution in [-0.2, 0) is 28.7 Å². The van der Waals surface area contributed by atoms with Crippen LogP contribution < -0.4 is 21.3 Å². The number of hydrogen-bond donors (Lipinski definition) is 4. The van der Waals surface area contributed by atoms with Crippen LogP contribution in [0.4, 0.5) is 0 Å². The van der Waals surface area contributed by atoms with Gasteiger partial charge in [0.25, 0.3) is 0 Å². The third kappa shape index (κ3) is 22.8.